The molecule has 0 fully saturated rings. The number of alkyl halides is 2. The largest absolute Gasteiger partial charge is 0.371 e. The summed E-state index contributed by atoms with van der Waals surface area (Å²) in [6.45, 7) is 2.85. The Kier molecular flexibility index (Phi) is 4.13. The molecule has 0 atom stereocenters. The molecular formula is C8H12F2O3. The Morgan fingerprint density at radius 3 is 2.15 bits per heavy atom. The molecule has 0 radical (unpaired) electrons. The first-order valence-corrected chi connectivity index (χ1v) is 3.70. The fraction of sp³-hybridized carbons (Fsp3) is 0.750. The SMILES string of the molecule is COC(C)(C)C(=O)CC(=O)C(F)F. The van der Waals surface area contributed by atoms with E-state index in [0.29, 0.717) is 0 Å². The van der Waals surface area contributed by atoms with Gasteiger partial charge in [0.15, 0.2) is 5.78 Å². The van der Waals surface area contributed by atoms with E-state index in [9.17, 15) is 18.4 Å². The highest BCUT2D eigenvalue weighted by Gasteiger charge is 2.30. The second kappa shape index (κ2) is 4.41. The molecule has 0 saturated carbocycles. The van der Waals surface area contributed by atoms with Gasteiger partial charge in [0.1, 0.15) is 5.60 Å². The quantitative estimate of drug-likeness (QED) is 0.618. The lowest BCUT2D eigenvalue weighted by Gasteiger charge is -2.20. The highest BCUT2D eigenvalue weighted by Crippen LogP contribution is 2.13. The van der Waals surface area contributed by atoms with Crippen LogP contribution in [0, 0.1) is 0 Å². The number of hydrogen-bond acceptors (Lipinski definition) is 3. The summed E-state index contributed by atoms with van der Waals surface area (Å²) in [5, 5.41) is 0. The Labute approximate surface area is 75.1 Å². The van der Waals surface area contributed by atoms with Crippen LogP contribution in [0.3, 0.4) is 0 Å². The summed E-state index contributed by atoms with van der Waals surface area (Å²) in [6, 6.07) is 0. The Balaban J connectivity index is 4.24. The highest BCUT2D eigenvalue weighted by atomic mass is 19.3. The molecule has 0 aliphatic rings. The summed E-state index contributed by atoms with van der Waals surface area (Å²) >= 11 is 0. The fourth-order valence-electron chi connectivity index (χ4n) is 0.562. The molecule has 3 nitrogen and oxygen atoms in total. The smallest absolute Gasteiger partial charge is 0.296 e. The third-order valence-corrected chi connectivity index (χ3v) is 1.76. The lowest BCUT2D eigenvalue weighted by Crippen LogP contribution is -2.36. The van der Waals surface area contributed by atoms with Gasteiger partial charge in [-0.05, 0) is 13.8 Å². The standard InChI is InChI=1S/C8H12F2O3/c1-8(2,13-3)6(12)4-5(11)7(9)10/h7H,4H2,1-3H3. The summed E-state index contributed by atoms with van der Waals surface area (Å²) in [7, 11) is 1.28. The van der Waals surface area contributed by atoms with Gasteiger partial charge in [0.05, 0.1) is 6.42 Å². The molecular weight excluding hydrogens is 182 g/mol. The van der Waals surface area contributed by atoms with Crippen LogP contribution in [-0.4, -0.2) is 30.7 Å². The molecule has 76 valence electrons. The molecule has 0 rings (SSSR count). The number of Topliss-reactive ketones (excluding diaryl/α,β-unsaturated/α-hetero) is 2. The van der Waals surface area contributed by atoms with Gasteiger partial charge in [0.2, 0.25) is 5.78 Å². The molecule has 0 aromatic heterocycles. The van der Waals surface area contributed by atoms with Crippen LogP contribution in [0.4, 0.5) is 8.78 Å². The van der Waals surface area contributed by atoms with Crippen LogP contribution in [0.15, 0.2) is 0 Å². The zero-order valence-electron chi connectivity index (χ0n) is 7.77. The number of carbonyl (C=O) groups is 2. The van der Waals surface area contributed by atoms with Gasteiger partial charge in [-0.25, -0.2) is 8.78 Å². The molecule has 0 spiro atoms. The molecule has 0 heterocycles. The predicted octanol–water partition coefficient (Wildman–Crippen LogP) is 1.20. The van der Waals surface area contributed by atoms with E-state index in [0.717, 1.165) is 0 Å². The minimum atomic E-state index is -3.09. The maximum atomic E-state index is 11.7. The molecule has 0 aliphatic heterocycles. The lowest BCUT2D eigenvalue weighted by atomic mass is 9.99. The lowest BCUT2D eigenvalue weighted by molar-refractivity contribution is -0.143. The maximum Gasteiger partial charge on any atom is 0.296 e. The van der Waals surface area contributed by atoms with Crippen molar-refractivity contribution in [1.29, 1.82) is 0 Å². The molecule has 0 amide bonds. The number of carbonyl (C=O) groups excluding carboxylic acids is 2. The van der Waals surface area contributed by atoms with Crippen LogP contribution in [0.25, 0.3) is 0 Å². The van der Waals surface area contributed by atoms with Crippen molar-refractivity contribution in [2.75, 3.05) is 7.11 Å². The number of methoxy groups -OCH3 is 1. The van der Waals surface area contributed by atoms with E-state index >= 15 is 0 Å². The zero-order chi connectivity index (χ0) is 10.6. The third kappa shape index (κ3) is 3.59. The van der Waals surface area contributed by atoms with E-state index < -0.39 is 30.0 Å². The Hall–Kier alpha value is -0.840. The van der Waals surface area contributed by atoms with Crippen LogP contribution in [-0.2, 0) is 14.3 Å². The third-order valence-electron chi connectivity index (χ3n) is 1.76. The normalized spacial score (nSPS) is 11.8. The topological polar surface area (TPSA) is 43.4 Å². The molecule has 0 aromatic carbocycles. The molecule has 0 aromatic rings. The average molecular weight is 194 g/mol. The number of ether oxygens (including phenoxy) is 1. The molecule has 0 bridgehead atoms. The van der Waals surface area contributed by atoms with Gasteiger partial charge in [0.25, 0.3) is 6.43 Å². The van der Waals surface area contributed by atoms with E-state index in [2.05, 4.69) is 0 Å². The number of rotatable bonds is 5. The first-order chi connectivity index (χ1) is 5.81. The van der Waals surface area contributed by atoms with E-state index in [1.165, 1.54) is 21.0 Å². The number of hydrogen-bond donors (Lipinski definition) is 0. The molecule has 5 heteroatoms. The van der Waals surface area contributed by atoms with Crippen molar-refractivity contribution >= 4 is 11.6 Å². The van der Waals surface area contributed by atoms with Crippen molar-refractivity contribution in [3.8, 4) is 0 Å². The summed E-state index contributed by atoms with van der Waals surface area (Å²) in [4.78, 5) is 21.6. The Morgan fingerprint density at radius 2 is 1.85 bits per heavy atom. The molecule has 0 aliphatic carbocycles. The molecule has 0 unspecified atom stereocenters. The van der Waals surface area contributed by atoms with Gasteiger partial charge in [-0.15, -0.1) is 0 Å². The van der Waals surface area contributed by atoms with Crippen LogP contribution < -0.4 is 0 Å². The highest BCUT2D eigenvalue weighted by molar-refractivity contribution is 6.03. The Morgan fingerprint density at radius 1 is 1.38 bits per heavy atom. The van der Waals surface area contributed by atoms with E-state index in [-0.39, 0.29) is 0 Å². The first kappa shape index (κ1) is 12.2. The van der Waals surface area contributed by atoms with Crippen LogP contribution in [0.2, 0.25) is 0 Å². The molecule has 13 heavy (non-hydrogen) atoms. The summed E-state index contributed by atoms with van der Waals surface area (Å²) in [5.74, 6) is -2.00. The second-order valence-corrected chi connectivity index (χ2v) is 3.08. The van der Waals surface area contributed by atoms with Crippen LogP contribution >= 0.6 is 0 Å². The summed E-state index contributed by atoms with van der Waals surface area (Å²) in [6.07, 6.45) is -3.87. The molecule has 0 saturated heterocycles. The van der Waals surface area contributed by atoms with E-state index in [4.69, 9.17) is 4.74 Å². The van der Waals surface area contributed by atoms with Gasteiger partial charge in [-0.1, -0.05) is 0 Å². The fourth-order valence-corrected chi connectivity index (χ4v) is 0.562. The average Bonchev–Trinajstić information content (AvgIpc) is 2.04. The number of halogens is 2. The molecule has 0 N–H and O–H groups in total. The predicted molar refractivity (Wildman–Crippen MR) is 41.7 cm³/mol. The minimum absolute atomic E-state index is 0.639. The van der Waals surface area contributed by atoms with Gasteiger partial charge in [0, 0.05) is 7.11 Å². The van der Waals surface area contributed by atoms with Gasteiger partial charge in [-0.2, -0.15) is 0 Å². The maximum absolute atomic E-state index is 11.7. The summed E-state index contributed by atoms with van der Waals surface area (Å²) < 4.78 is 28.2. The van der Waals surface area contributed by atoms with Crippen molar-refractivity contribution < 1.29 is 23.1 Å². The van der Waals surface area contributed by atoms with Gasteiger partial charge >= 0.3 is 0 Å². The second-order valence-electron chi connectivity index (χ2n) is 3.08. The van der Waals surface area contributed by atoms with E-state index in [1.807, 2.05) is 0 Å². The van der Waals surface area contributed by atoms with Crippen molar-refractivity contribution in [1.82, 2.24) is 0 Å². The van der Waals surface area contributed by atoms with E-state index in [1.54, 1.807) is 0 Å². The first-order valence-electron chi connectivity index (χ1n) is 3.70. The summed E-state index contributed by atoms with van der Waals surface area (Å²) in [5.41, 5.74) is -1.18. The Bertz CT molecular complexity index is 211. The monoisotopic (exact) mass is 194 g/mol. The zero-order valence-corrected chi connectivity index (χ0v) is 7.77. The van der Waals surface area contributed by atoms with Crippen molar-refractivity contribution in [2.45, 2.75) is 32.3 Å². The number of ketones is 2. The van der Waals surface area contributed by atoms with Crippen LogP contribution in [0.1, 0.15) is 20.3 Å². The van der Waals surface area contributed by atoms with Crippen LogP contribution in [0.5, 0.6) is 0 Å². The van der Waals surface area contributed by atoms with Gasteiger partial charge in [-0.3, -0.25) is 9.59 Å². The van der Waals surface area contributed by atoms with Crippen molar-refractivity contribution in [3.05, 3.63) is 0 Å². The van der Waals surface area contributed by atoms with Gasteiger partial charge < -0.3 is 4.74 Å². The minimum Gasteiger partial charge on any atom is -0.371 e. The van der Waals surface area contributed by atoms with Crippen molar-refractivity contribution in [3.63, 3.8) is 0 Å². The van der Waals surface area contributed by atoms with Crippen molar-refractivity contribution in [2.24, 2.45) is 0 Å².